The van der Waals surface area contributed by atoms with Gasteiger partial charge in [0.1, 0.15) is 18.0 Å². The first-order valence-corrected chi connectivity index (χ1v) is 19.0. The molecule has 11 heteroatoms. The molecule has 292 valence electrons. The zero-order chi connectivity index (χ0) is 39.5. The van der Waals surface area contributed by atoms with Crippen molar-refractivity contribution in [3.8, 4) is 5.75 Å². The zero-order valence-corrected chi connectivity index (χ0v) is 32.4. The molecule has 0 spiro atoms. The van der Waals surface area contributed by atoms with Crippen LogP contribution in [0.2, 0.25) is 0 Å². The Balaban J connectivity index is 1.29. The number of esters is 2. The highest BCUT2D eigenvalue weighted by Crippen LogP contribution is 2.33. The minimum Gasteiger partial charge on any atom is -0.489 e. The molecule has 0 unspecified atom stereocenters. The highest BCUT2D eigenvalue weighted by atomic mass is 16.6. The number of allylic oxidation sites excluding steroid dienone is 2. The highest BCUT2D eigenvalue weighted by Gasteiger charge is 2.39. The van der Waals surface area contributed by atoms with Crippen LogP contribution in [0.3, 0.4) is 0 Å². The first kappa shape index (κ1) is 40.9. The third kappa shape index (κ3) is 11.6. The molecule has 0 heterocycles. The summed E-state index contributed by atoms with van der Waals surface area (Å²) >= 11 is 0. The van der Waals surface area contributed by atoms with Crippen molar-refractivity contribution >= 4 is 29.5 Å². The van der Waals surface area contributed by atoms with E-state index in [1.54, 1.807) is 64.1 Å². The van der Waals surface area contributed by atoms with Crippen molar-refractivity contribution in [2.45, 2.75) is 96.6 Å². The summed E-state index contributed by atoms with van der Waals surface area (Å²) in [5, 5.41) is 9.11. The van der Waals surface area contributed by atoms with E-state index in [0.29, 0.717) is 24.2 Å². The molecule has 2 aliphatic rings. The lowest BCUT2D eigenvalue weighted by Gasteiger charge is -2.33. The lowest BCUT2D eigenvalue weighted by Crippen LogP contribution is -2.53. The first-order chi connectivity index (χ1) is 26.3. The van der Waals surface area contributed by atoms with E-state index in [1.807, 2.05) is 36.4 Å². The largest absolute Gasteiger partial charge is 0.489 e. The van der Waals surface area contributed by atoms with Crippen LogP contribution in [0.1, 0.15) is 92.0 Å². The van der Waals surface area contributed by atoms with Crippen molar-refractivity contribution in [1.29, 1.82) is 0 Å². The van der Waals surface area contributed by atoms with E-state index in [9.17, 15) is 24.0 Å². The topological polar surface area (TPSA) is 149 Å². The van der Waals surface area contributed by atoms with Crippen LogP contribution in [0.15, 0.2) is 84.9 Å². The number of ether oxygens (including phenoxy) is 3. The van der Waals surface area contributed by atoms with Crippen LogP contribution >= 0.6 is 0 Å². The van der Waals surface area contributed by atoms with Crippen LogP contribution in [-0.4, -0.2) is 60.9 Å². The minimum atomic E-state index is -0.944. The molecule has 0 aromatic heterocycles. The number of aryl methyl sites for hydroxylation is 1. The third-order valence-corrected chi connectivity index (χ3v) is 9.99. The van der Waals surface area contributed by atoms with E-state index in [-0.39, 0.29) is 37.3 Å². The lowest BCUT2D eigenvalue weighted by atomic mass is 9.76. The molecule has 0 bridgehead atoms. The molecular formula is C44H53N3O8. The Morgan fingerprint density at radius 2 is 1.53 bits per heavy atom. The average Bonchev–Trinajstić information content (AvgIpc) is 3.18. The monoisotopic (exact) mass is 751 g/mol. The molecule has 0 aliphatic heterocycles. The molecular weight excluding hydrogens is 698 g/mol. The third-order valence-electron chi connectivity index (χ3n) is 9.99. The molecule has 0 saturated heterocycles. The van der Waals surface area contributed by atoms with Crippen molar-refractivity contribution in [2.75, 3.05) is 13.7 Å². The van der Waals surface area contributed by atoms with Crippen LogP contribution in [0.5, 0.6) is 5.75 Å². The van der Waals surface area contributed by atoms with E-state index < -0.39 is 47.4 Å². The molecule has 0 saturated carbocycles. The smallest absolute Gasteiger partial charge is 0.337 e. The SMILES string of the molecule is COC(=O)c1ccc(COc2ccc(C[C@H](NC(=O)[C@H](C)NCC(=O)OC(C)(C)C)C(=O)[C@@H]3CC=CC[C@H]3C(=O)N[C@@H]3CCCc4ccccc43)cc2)cc1. The van der Waals surface area contributed by atoms with Crippen molar-refractivity contribution < 1.29 is 38.2 Å². The number of ketones is 1. The predicted octanol–water partition coefficient (Wildman–Crippen LogP) is 5.74. The van der Waals surface area contributed by atoms with E-state index in [2.05, 4.69) is 28.1 Å². The number of Topliss-reactive ketones (excluding diaryl/α,β-unsaturated/α-hetero) is 1. The molecule has 3 N–H and O–H groups in total. The molecule has 5 rings (SSSR count). The predicted molar refractivity (Wildman–Crippen MR) is 208 cm³/mol. The van der Waals surface area contributed by atoms with Gasteiger partial charge in [-0.25, -0.2) is 4.79 Å². The molecule has 5 atom stereocenters. The van der Waals surface area contributed by atoms with Crippen LogP contribution in [0.25, 0.3) is 0 Å². The summed E-state index contributed by atoms with van der Waals surface area (Å²) in [6.45, 7) is 7.02. The summed E-state index contributed by atoms with van der Waals surface area (Å²) in [5.74, 6) is -2.38. The Kier molecular flexibility index (Phi) is 14.0. The number of hydrogen-bond donors (Lipinski definition) is 3. The Morgan fingerprint density at radius 1 is 0.855 bits per heavy atom. The van der Waals surface area contributed by atoms with Crippen molar-refractivity contribution in [3.63, 3.8) is 0 Å². The van der Waals surface area contributed by atoms with Gasteiger partial charge in [-0.1, -0.05) is 60.7 Å². The molecule has 0 radical (unpaired) electrons. The number of carbonyl (C=O) groups excluding carboxylic acids is 5. The van der Waals surface area contributed by atoms with Crippen molar-refractivity contribution in [2.24, 2.45) is 11.8 Å². The van der Waals surface area contributed by atoms with Gasteiger partial charge in [-0.3, -0.25) is 24.5 Å². The number of carbonyl (C=O) groups is 5. The summed E-state index contributed by atoms with van der Waals surface area (Å²) in [4.78, 5) is 66.1. The average molecular weight is 752 g/mol. The summed E-state index contributed by atoms with van der Waals surface area (Å²) in [6, 6.07) is 20.5. The number of hydrogen-bond acceptors (Lipinski definition) is 9. The van der Waals surface area contributed by atoms with Gasteiger partial charge in [-0.2, -0.15) is 0 Å². The fourth-order valence-electron chi connectivity index (χ4n) is 7.06. The number of fused-ring (bicyclic) bond motifs is 1. The highest BCUT2D eigenvalue weighted by molar-refractivity contribution is 5.96. The molecule has 0 fully saturated rings. The van der Waals surface area contributed by atoms with Crippen LogP contribution in [0, 0.1) is 11.8 Å². The minimum absolute atomic E-state index is 0.119. The summed E-state index contributed by atoms with van der Waals surface area (Å²) in [6.07, 6.45) is 7.64. The number of methoxy groups -OCH3 is 1. The van der Waals surface area contributed by atoms with Crippen LogP contribution in [0.4, 0.5) is 0 Å². The van der Waals surface area contributed by atoms with Gasteiger partial charge in [0.15, 0.2) is 5.78 Å². The van der Waals surface area contributed by atoms with Gasteiger partial charge in [0.05, 0.1) is 43.3 Å². The van der Waals surface area contributed by atoms with Gasteiger partial charge in [0.25, 0.3) is 0 Å². The van der Waals surface area contributed by atoms with Gasteiger partial charge >= 0.3 is 11.9 Å². The molecule has 11 nitrogen and oxygen atoms in total. The van der Waals surface area contributed by atoms with E-state index in [1.165, 1.54) is 12.7 Å². The summed E-state index contributed by atoms with van der Waals surface area (Å²) in [5.41, 5.74) is 3.79. The number of nitrogens with one attached hydrogen (secondary N) is 3. The van der Waals surface area contributed by atoms with E-state index in [4.69, 9.17) is 14.2 Å². The normalized spacial score (nSPS) is 18.9. The fraction of sp³-hybridized carbons (Fsp3) is 0.432. The van der Waals surface area contributed by atoms with Gasteiger partial charge in [-0.15, -0.1) is 0 Å². The van der Waals surface area contributed by atoms with E-state index >= 15 is 0 Å². The molecule has 2 amide bonds. The maximum Gasteiger partial charge on any atom is 0.337 e. The number of amides is 2. The van der Waals surface area contributed by atoms with Crippen molar-refractivity contribution in [3.05, 3.63) is 113 Å². The Bertz CT molecular complexity index is 1850. The van der Waals surface area contributed by atoms with Crippen molar-refractivity contribution in [1.82, 2.24) is 16.0 Å². The lowest BCUT2D eigenvalue weighted by molar-refractivity contribution is -0.153. The Hall–Kier alpha value is -5.29. The fourth-order valence-corrected chi connectivity index (χ4v) is 7.06. The second-order valence-electron chi connectivity index (χ2n) is 15.3. The first-order valence-electron chi connectivity index (χ1n) is 19.0. The number of rotatable bonds is 15. The van der Waals surface area contributed by atoms with Gasteiger partial charge in [0.2, 0.25) is 11.8 Å². The zero-order valence-electron chi connectivity index (χ0n) is 32.4. The van der Waals surface area contributed by atoms with Gasteiger partial charge in [-0.05, 0) is 113 Å². The maximum atomic E-state index is 14.5. The molecule has 3 aromatic carbocycles. The Labute approximate surface area is 323 Å². The number of benzene rings is 3. The summed E-state index contributed by atoms with van der Waals surface area (Å²) in [7, 11) is 1.34. The quantitative estimate of drug-likeness (QED) is 0.131. The maximum absolute atomic E-state index is 14.5. The second kappa shape index (κ2) is 18.8. The van der Waals surface area contributed by atoms with Gasteiger partial charge in [0, 0.05) is 5.92 Å². The Morgan fingerprint density at radius 3 is 2.22 bits per heavy atom. The van der Waals surface area contributed by atoms with Gasteiger partial charge < -0.3 is 24.8 Å². The van der Waals surface area contributed by atoms with Crippen LogP contribution in [-0.2, 0) is 48.1 Å². The summed E-state index contributed by atoms with van der Waals surface area (Å²) < 4.78 is 16.1. The standard InChI is InChI=1S/C44H53N3O8/c1-28(45-26-39(48)55-44(2,3)4)41(50)47-38(25-29-19-23-33(24-20-29)54-27-30-17-21-32(22-18-30)43(52)53-5)40(49)35-14-8-9-15-36(35)42(51)46-37-16-10-12-31-11-6-7-13-34(31)37/h6-9,11,13,17-24,28,35-38,45H,10,12,14-16,25-27H2,1-5H3,(H,46,51)(H,47,50)/t28-,35+,36+,37+,38-/m0/s1. The van der Waals surface area contributed by atoms with Crippen LogP contribution < -0.4 is 20.7 Å². The molecule has 55 heavy (non-hydrogen) atoms. The molecule has 3 aromatic rings. The van der Waals surface area contributed by atoms with E-state index in [0.717, 1.165) is 36.0 Å². The molecule has 2 aliphatic carbocycles. The second-order valence-corrected chi connectivity index (χ2v) is 15.3.